The van der Waals surface area contributed by atoms with E-state index in [-0.39, 0.29) is 67.7 Å². The minimum absolute atomic E-state index is 0. The molecule has 0 aliphatic heterocycles. The van der Waals surface area contributed by atoms with Crippen molar-refractivity contribution in [1.29, 1.82) is 0 Å². The van der Waals surface area contributed by atoms with E-state index in [4.69, 9.17) is 4.79 Å². The molecule has 0 aliphatic carbocycles. The summed E-state index contributed by atoms with van der Waals surface area (Å²) in [7, 11) is 9.71. The van der Waals surface area contributed by atoms with Crippen molar-refractivity contribution < 1.29 is 62.7 Å². The largest absolute Gasteiger partial charge is 1.00 e. The fourth-order valence-electron chi connectivity index (χ4n) is 1.39. The molecule has 0 aromatic heterocycles. The molecule has 0 fully saturated rings. The number of aldehydes is 1. The fourth-order valence-corrected chi connectivity index (χ4v) is 9.62. The van der Waals surface area contributed by atoms with E-state index in [0.29, 0.717) is 0 Å². The van der Waals surface area contributed by atoms with Gasteiger partial charge in [0.1, 0.15) is 6.29 Å². The summed E-state index contributed by atoms with van der Waals surface area (Å²) in [6, 6.07) is 0. The monoisotopic (exact) mass is 786 g/mol. The molecule has 0 amide bonds. The van der Waals surface area contributed by atoms with Crippen molar-refractivity contribution in [2.45, 2.75) is 160 Å². The number of rotatable bonds is 8. The zero-order chi connectivity index (χ0) is 29.9. The van der Waals surface area contributed by atoms with Crippen LogP contribution < -0.4 is 56.5 Å². The average molecular weight is 788 g/mol. The van der Waals surface area contributed by atoms with Gasteiger partial charge in [0.25, 0.3) is 0 Å². The summed E-state index contributed by atoms with van der Waals surface area (Å²) in [5.74, 6) is 0. The van der Waals surface area contributed by atoms with E-state index < -0.39 is 5.60 Å². The maximum Gasteiger partial charge on any atom is 1.00 e. The van der Waals surface area contributed by atoms with Crippen LogP contribution in [0, 0.1) is 0 Å². The summed E-state index contributed by atoms with van der Waals surface area (Å²) >= 11 is 17.8. The van der Waals surface area contributed by atoms with Crippen molar-refractivity contribution in [1.82, 2.24) is 0 Å². The predicted molar refractivity (Wildman–Crippen MR) is 213 cm³/mol. The maximum atomic E-state index is 10.1. The van der Waals surface area contributed by atoms with E-state index in [1.807, 2.05) is 0 Å². The van der Waals surface area contributed by atoms with Crippen LogP contribution in [0.25, 0.3) is 0 Å². The first-order valence-corrected chi connectivity index (χ1v) is 24.3. The first kappa shape index (κ1) is 69.4. The summed E-state index contributed by atoms with van der Waals surface area (Å²) in [4.78, 5) is 8.81. The van der Waals surface area contributed by atoms with Crippen molar-refractivity contribution in [3.05, 3.63) is 0 Å². The molecule has 0 unspecified atom stereocenters. The summed E-state index contributed by atoms with van der Waals surface area (Å²) in [5, 5.41) is 10.1. The Balaban J connectivity index is -0.0000000271. The Kier molecular flexibility index (Phi) is 149. The van der Waals surface area contributed by atoms with Crippen LogP contribution in [-0.2, 0) is 112 Å². The molecule has 0 N–H and O–H groups in total. The van der Waals surface area contributed by atoms with Crippen molar-refractivity contribution >= 4 is 113 Å². The van der Waals surface area contributed by atoms with E-state index in [1.54, 1.807) is 47.4 Å². The standard InChI is InChI=1S/2C6H14.C5H12.C4H9O.C2H4O.2CH4.K.S7.S4.H2/c2*1-3-5-6-4-2;1-3-5-4-2;1-4(2,3)5;1-2-3;;;;1-3-5-7-6-4-2;1-3-4-2;/h2*3-6H2,1-2H3;3-5H2,1-2H3;1-3H3;2H,1H3;2*1H4;;;;1H/q;;;-1;;;;+1;;;. The molecular formula is C25H63KO2S11. The van der Waals surface area contributed by atoms with Crippen molar-refractivity contribution in [3.8, 4) is 0 Å². The Bertz CT molecular complexity index is 598. The van der Waals surface area contributed by atoms with Crippen molar-refractivity contribution in [2.24, 2.45) is 0 Å². The summed E-state index contributed by atoms with van der Waals surface area (Å²) in [6.45, 7) is 19.7. The van der Waals surface area contributed by atoms with Crippen LogP contribution in [0.15, 0.2) is 0 Å². The first-order valence-electron chi connectivity index (χ1n) is 12.3. The smallest absolute Gasteiger partial charge is 0.850 e. The normalized spacial score (nSPS) is 7.36. The second-order valence-electron chi connectivity index (χ2n) is 7.59. The second-order valence-corrected chi connectivity index (χ2v) is 20.0. The van der Waals surface area contributed by atoms with Crippen LogP contribution in [0.3, 0.4) is 0 Å². The molecule has 0 aromatic rings. The Morgan fingerprint density at radius 3 is 0.846 bits per heavy atom. The minimum atomic E-state index is -0.750. The molecule has 0 aromatic carbocycles. The van der Waals surface area contributed by atoms with E-state index >= 15 is 0 Å². The van der Waals surface area contributed by atoms with Crippen LogP contribution in [0.2, 0.25) is 0 Å². The molecule has 0 aliphatic rings. The third kappa shape index (κ3) is 236. The molecule has 242 valence electrons. The average Bonchev–Trinajstić information content (AvgIpc) is 2.83. The number of carbonyl (C=O) groups is 1. The van der Waals surface area contributed by atoms with E-state index in [9.17, 15) is 5.11 Å². The molecule has 0 bridgehead atoms. The van der Waals surface area contributed by atoms with Gasteiger partial charge in [0.2, 0.25) is 0 Å². The van der Waals surface area contributed by atoms with Gasteiger partial charge in [0, 0.05) is 108 Å². The van der Waals surface area contributed by atoms with Crippen LogP contribution in [0.4, 0.5) is 0 Å². The topological polar surface area (TPSA) is 40.1 Å². The molecule has 0 atom stereocenters. The predicted octanol–water partition coefficient (Wildman–Crippen LogP) is 6.22. The Labute approximate surface area is 330 Å². The van der Waals surface area contributed by atoms with Gasteiger partial charge in [0.15, 0.2) is 0 Å². The minimum Gasteiger partial charge on any atom is -0.850 e. The van der Waals surface area contributed by atoms with Crippen LogP contribution in [0.1, 0.15) is 156 Å². The molecule has 2 nitrogen and oxygen atoms in total. The summed E-state index contributed by atoms with van der Waals surface area (Å²) < 4.78 is 0. The molecule has 14 heteroatoms. The Hall–Kier alpha value is 3.69. The first-order chi connectivity index (χ1) is 17.0. The van der Waals surface area contributed by atoms with Gasteiger partial charge < -0.3 is 9.90 Å². The van der Waals surface area contributed by atoms with Gasteiger partial charge in [-0.15, -0.1) is 5.60 Å². The number of hydrogen-bond donors (Lipinski definition) is 0. The summed E-state index contributed by atoms with van der Waals surface area (Å²) in [6.07, 6.45) is 15.9. The number of unbranched alkanes of at least 4 members (excludes halogenated alkanes) is 8. The van der Waals surface area contributed by atoms with E-state index in [1.165, 1.54) is 113 Å². The number of carbonyl (C=O) groups excluding carboxylic acids is 1. The molecule has 0 radical (unpaired) electrons. The molecule has 0 saturated heterocycles. The fraction of sp³-hybridized carbons (Fsp3) is 0.960. The van der Waals surface area contributed by atoms with Gasteiger partial charge in [0.05, 0.1) is 0 Å². The van der Waals surface area contributed by atoms with Gasteiger partial charge in [-0.05, 0) is 6.92 Å². The third-order valence-electron chi connectivity index (χ3n) is 2.76. The molecule has 0 heterocycles. The molecular weight excluding hydrogens is 724 g/mol. The van der Waals surface area contributed by atoms with Crippen LogP contribution in [-0.4, -0.2) is 11.9 Å². The van der Waals surface area contributed by atoms with Gasteiger partial charge >= 0.3 is 51.4 Å². The quantitative estimate of drug-likeness (QED) is 0.166. The zero-order valence-electron chi connectivity index (χ0n) is 25.2. The van der Waals surface area contributed by atoms with Gasteiger partial charge in [-0.25, -0.2) is 0 Å². The maximum absolute atomic E-state index is 10.1. The Morgan fingerprint density at radius 2 is 0.769 bits per heavy atom. The number of hydrogen-bond acceptors (Lipinski definition) is 6. The van der Waals surface area contributed by atoms with Crippen LogP contribution in [0.5, 0.6) is 0 Å². The van der Waals surface area contributed by atoms with Crippen molar-refractivity contribution in [2.75, 3.05) is 0 Å². The second kappa shape index (κ2) is 83.9. The molecule has 39 heavy (non-hydrogen) atoms. The van der Waals surface area contributed by atoms with E-state index in [2.05, 4.69) is 86.3 Å². The van der Waals surface area contributed by atoms with Gasteiger partial charge in [-0.2, -0.15) is 0 Å². The SMILES string of the molecule is C.C.CC(C)(C)[O-].CC=O.CCCCC.CCCCCC.CCCCCC.S=S=S=S.S=S=S=S=S=S=S.[HH].[K+]. The Morgan fingerprint density at radius 1 is 0.590 bits per heavy atom. The van der Waals surface area contributed by atoms with Gasteiger partial charge in [-0.3, -0.25) is 0 Å². The van der Waals surface area contributed by atoms with E-state index in [0.717, 1.165) is 6.29 Å². The molecule has 0 rings (SSSR count). The summed E-state index contributed by atoms with van der Waals surface area (Å²) in [5.41, 5.74) is -0.750. The molecule has 0 saturated carbocycles. The van der Waals surface area contributed by atoms with Crippen LogP contribution >= 0.6 is 0 Å². The zero-order valence-corrected chi connectivity index (χ0v) is 37.3. The van der Waals surface area contributed by atoms with Crippen molar-refractivity contribution in [3.63, 3.8) is 0 Å². The molecule has 0 spiro atoms. The third-order valence-corrected chi connectivity index (χ3v) is 13.9. The van der Waals surface area contributed by atoms with Gasteiger partial charge in [-0.1, -0.05) is 148 Å².